The van der Waals surface area contributed by atoms with Crippen molar-refractivity contribution in [1.29, 1.82) is 0 Å². The van der Waals surface area contributed by atoms with Gasteiger partial charge in [0.15, 0.2) is 0 Å². The van der Waals surface area contributed by atoms with Gasteiger partial charge in [0.25, 0.3) is 5.56 Å². The highest BCUT2D eigenvalue weighted by Gasteiger charge is 2.18. The molecule has 0 radical (unpaired) electrons. The molecule has 3 rings (SSSR count). The minimum atomic E-state index is -0.0449. The van der Waals surface area contributed by atoms with Gasteiger partial charge in [-0.05, 0) is 56.5 Å². The summed E-state index contributed by atoms with van der Waals surface area (Å²) in [6, 6.07) is 11.5. The number of benzene rings is 1. The Balaban J connectivity index is 2.44. The van der Waals surface area contributed by atoms with E-state index in [-0.39, 0.29) is 12.2 Å². The molecule has 0 aliphatic carbocycles. The van der Waals surface area contributed by atoms with Gasteiger partial charge in [0, 0.05) is 40.4 Å². The second-order valence-electron chi connectivity index (χ2n) is 6.06. The first-order valence-electron chi connectivity index (χ1n) is 8.46. The highest BCUT2D eigenvalue weighted by molar-refractivity contribution is 6.30. The van der Waals surface area contributed by atoms with Crippen LogP contribution in [0.15, 0.2) is 41.2 Å². The van der Waals surface area contributed by atoms with E-state index in [1.165, 1.54) is 0 Å². The number of hydrogen-bond donors (Lipinski definition) is 1. The van der Waals surface area contributed by atoms with Crippen molar-refractivity contribution in [2.24, 2.45) is 0 Å². The normalized spacial score (nSPS) is 11.2. The van der Waals surface area contributed by atoms with Crippen LogP contribution in [0.1, 0.15) is 24.6 Å². The highest BCUT2D eigenvalue weighted by Crippen LogP contribution is 2.32. The zero-order valence-corrected chi connectivity index (χ0v) is 15.2. The summed E-state index contributed by atoms with van der Waals surface area (Å²) in [5, 5.41) is 10.8. The van der Waals surface area contributed by atoms with Crippen molar-refractivity contribution < 1.29 is 5.11 Å². The van der Waals surface area contributed by atoms with Crippen LogP contribution in [-0.2, 0) is 13.0 Å². The molecule has 0 fully saturated rings. The molecule has 130 valence electrons. The predicted molar refractivity (Wildman–Crippen MR) is 102 cm³/mol. The standard InChI is InChI=1S/C20H21ClN2O2/c1-3-23-19-16(10-9-13(2)22-19)18(14-6-4-7-15(21)12-14)17(20(23)25)8-5-11-24/h4,6-7,9-10,12,24H,3,5,8,11H2,1-2H3. The van der Waals surface area contributed by atoms with Crippen molar-refractivity contribution >= 4 is 22.6 Å². The molecular weight excluding hydrogens is 336 g/mol. The maximum absolute atomic E-state index is 13.1. The van der Waals surface area contributed by atoms with E-state index in [4.69, 9.17) is 11.6 Å². The Morgan fingerprint density at radius 3 is 2.72 bits per heavy atom. The van der Waals surface area contributed by atoms with E-state index in [0.29, 0.717) is 35.6 Å². The monoisotopic (exact) mass is 356 g/mol. The molecule has 2 aromatic heterocycles. The molecule has 1 N–H and O–H groups in total. The van der Waals surface area contributed by atoms with Crippen LogP contribution >= 0.6 is 11.6 Å². The van der Waals surface area contributed by atoms with Gasteiger partial charge in [-0.2, -0.15) is 0 Å². The van der Waals surface area contributed by atoms with Crippen molar-refractivity contribution in [3.63, 3.8) is 0 Å². The first kappa shape index (κ1) is 17.6. The molecule has 5 heteroatoms. The Morgan fingerprint density at radius 2 is 2.04 bits per heavy atom. The van der Waals surface area contributed by atoms with Crippen LogP contribution in [-0.4, -0.2) is 21.3 Å². The quantitative estimate of drug-likeness (QED) is 0.752. The molecule has 0 aliphatic rings. The Labute approximate surface area is 151 Å². The SMILES string of the molecule is CCn1c(=O)c(CCCO)c(-c2cccc(Cl)c2)c2ccc(C)nc21. The van der Waals surface area contributed by atoms with Crippen molar-refractivity contribution in [1.82, 2.24) is 9.55 Å². The number of nitrogens with zero attached hydrogens (tertiary/aromatic N) is 2. The minimum Gasteiger partial charge on any atom is -0.396 e. The van der Waals surface area contributed by atoms with Gasteiger partial charge in [0.05, 0.1) is 0 Å². The lowest BCUT2D eigenvalue weighted by Gasteiger charge is -2.17. The number of aromatic nitrogens is 2. The highest BCUT2D eigenvalue weighted by atomic mass is 35.5. The van der Waals surface area contributed by atoms with E-state index < -0.39 is 0 Å². The number of aliphatic hydroxyl groups excluding tert-OH is 1. The molecule has 0 bridgehead atoms. The fourth-order valence-corrected chi connectivity index (χ4v) is 3.42. The van der Waals surface area contributed by atoms with E-state index in [9.17, 15) is 9.90 Å². The van der Waals surface area contributed by atoms with Crippen LogP contribution in [0.4, 0.5) is 0 Å². The molecule has 0 spiro atoms. The molecule has 0 amide bonds. The molecule has 25 heavy (non-hydrogen) atoms. The minimum absolute atomic E-state index is 0.0449. The fourth-order valence-electron chi connectivity index (χ4n) is 3.23. The van der Waals surface area contributed by atoms with E-state index in [1.807, 2.05) is 50.2 Å². The van der Waals surface area contributed by atoms with Gasteiger partial charge in [0.2, 0.25) is 0 Å². The molecule has 2 heterocycles. The number of aryl methyl sites for hydroxylation is 2. The summed E-state index contributed by atoms with van der Waals surface area (Å²) < 4.78 is 1.71. The molecule has 0 aliphatic heterocycles. The van der Waals surface area contributed by atoms with Crippen molar-refractivity contribution in [2.75, 3.05) is 6.61 Å². The number of hydrogen-bond acceptors (Lipinski definition) is 3. The molecule has 0 atom stereocenters. The third-order valence-electron chi connectivity index (χ3n) is 4.36. The predicted octanol–water partition coefficient (Wildman–Crippen LogP) is 3.97. The maximum Gasteiger partial charge on any atom is 0.256 e. The van der Waals surface area contributed by atoms with Gasteiger partial charge in [-0.1, -0.05) is 23.7 Å². The largest absolute Gasteiger partial charge is 0.396 e. The summed E-state index contributed by atoms with van der Waals surface area (Å²) in [5.74, 6) is 0. The molecule has 0 saturated heterocycles. The molecule has 0 saturated carbocycles. The Morgan fingerprint density at radius 1 is 1.24 bits per heavy atom. The molecule has 3 aromatic rings. The maximum atomic E-state index is 13.1. The number of rotatable bonds is 5. The fraction of sp³-hybridized carbons (Fsp3) is 0.300. The lowest BCUT2D eigenvalue weighted by molar-refractivity contribution is 0.288. The molecule has 1 aromatic carbocycles. The first-order chi connectivity index (χ1) is 12.1. The molecule has 4 nitrogen and oxygen atoms in total. The van der Waals surface area contributed by atoms with E-state index in [2.05, 4.69) is 4.98 Å². The van der Waals surface area contributed by atoms with Crippen molar-refractivity contribution in [3.8, 4) is 11.1 Å². The van der Waals surface area contributed by atoms with Gasteiger partial charge in [0.1, 0.15) is 5.65 Å². The molecule has 0 unspecified atom stereocenters. The summed E-state index contributed by atoms with van der Waals surface area (Å²) in [5.41, 5.74) is 3.99. The summed E-state index contributed by atoms with van der Waals surface area (Å²) in [4.78, 5) is 17.7. The summed E-state index contributed by atoms with van der Waals surface area (Å²) in [7, 11) is 0. The van der Waals surface area contributed by atoms with E-state index in [1.54, 1.807) is 4.57 Å². The van der Waals surface area contributed by atoms with E-state index >= 15 is 0 Å². The van der Waals surface area contributed by atoms with Crippen LogP contribution in [0.5, 0.6) is 0 Å². The van der Waals surface area contributed by atoms with Crippen LogP contribution in [0, 0.1) is 6.92 Å². The van der Waals surface area contributed by atoms with Gasteiger partial charge in [-0.3, -0.25) is 9.36 Å². The Kier molecular flexibility index (Phi) is 5.21. The van der Waals surface area contributed by atoms with Gasteiger partial charge in [-0.15, -0.1) is 0 Å². The molecular formula is C20H21ClN2O2. The average molecular weight is 357 g/mol. The van der Waals surface area contributed by atoms with Gasteiger partial charge < -0.3 is 5.11 Å². The number of aliphatic hydroxyl groups is 1. The topological polar surface area (TPSA) is 55.1 Å². The van der Waals surface area contributed by atoms with Crippen LogP contribution < -0.4 is 5.56 Å². The van der Waals surface area contributed by atoms with E-state index in [0.717, 1.165) is 22.2 Å². The number of pyridine rings is 2. The lowest BCUT2D eigenvalue weighted by Crippen LogP contribution is -2.25. The van der Waals surface area contributed by atoms with Crippen molar-refractivity contribution in [3.05, 3.63) is 63.0 Å². The summed E-state index contributed by atoms with van der Waals surface area (Å²) in [6.07, 6.45) is 1.05. The summed E-state index contributed by atoms with van der Waals surface area (Å²) >= 11 is 6.19. The number of fused-ring (bicyclic) bond motifs is 1. The lowest BCUT2D eigenvalue weighted by atomic mass is 9.94. The van der Waals surface area contributed by atoms with Gasteiger partial charge >= 0.3 is 0 Å². The summed E-state index contributed by atoms with van der Waals surface area (Å²) in [6.45, 7) is 4.46. The Hall–Kier alpha value is -2.17. The Bertz CT molecular complexity index is 979. The third kappa shape index (κ3) is 3.32. The van der Waals surface area contributed by atoms with Crippen LogP contribution in [0.3, 0.4) is 0 Å². The first-order valence-corrected chi connectivity index (χ1v) is 8.84. The zero-order valence-electron chi connectivity index (χ0n) is 14.4. The second kappa shape index (κ2) is 7.38. The third-order valence-corrected chi connectivity index (χ3v) is 4.59. The average Bonchev–Trinajstić information content (AvgIpc) is 2.59. The van der Waals surface area contributed by atoms with Crippen LogP contribution in [0.25, 0.3) is 22.2 Å². The number of halogens is 1. The second-order valence-corrected chi connectivity index (χ2v) is 6.50. The van der Waals surface area contributed by atoms with Gasteiger partial charge in [-0.25, -0.2) is 4.98 Å². The van der Waals surface area contributed by atoms with Crippen molar-refractivity contribution in [2.45, 2.75) is 33.2 Å². The van der Waals surface area contributed by atoms with Crippen LogP contribution in [0.2, 0.25) is 5.02 Å². The smallest absolute Gasteiger partial charge is 0.256 e. The zero-order chi connectivity index (χ0) is 18.0.